The Labute approximate surface area is 140 Å². The van der Waals surface area contributed by atoms with Gasteiger partial charge in [0.15, 0.2) is 0 Å². The smallest absolute Gasteiger partial charge is 0.308 e. The van der Waals surface area contributed by atoms with Crippen LogP contribution < -0.4 is 9.64 Å². The average Bonchev–Trinajstić information content (AvgIpc) is 2.74. The summed E-state index contributed by atoms with van der Waals surface area (Å²) in [6, 6.07) is 3.90. The van der Waals surface area contributed by atoms with Crippen LogP contribution in [-0.2, 0) is 10.2 Å². The van der Waals surface area contributed by atoms with E-state index in [1.54, 1.807) is 0 Å². The van der Waals surface area contributed by atoms with E-state index in [-0.39, 0.29) is 23.8 Å². The highest BCUT2D eigenvalue weighted by atomic mass is 79.9. The van der Waals surface area contributed by atoms with E-state index in [0.29, 0.717) is 11.9 Å². The summed E-state index contributed by atoms with van der Waals surface area (Å²) in [5.74, 6) is 0.335. The first-order chi connectivity index (χ1) is 9.34. The van der Waals surface area contributed by atoms with Crippen LogP contribution in [0.1, 0.15) is 25.8 Å². The molecule has 0 aliphatic carbocycles. The van der Waals surface area contributed by atoms with Gasteiger partial charge in [-0.2, -0.15) is 0 Å². The van der Waals surface area contributed by atoms with Crippen LogP contribution in [0.2, 0.25) is 0 Å². The molecule has 2 aliphatic rings. The van der Waals surface area contributed by atoms with Crippen molar-refractivity contribution in [3.8, 4) is 5.75 Å². The molecule has 1 fully saturated rings. The number of hydrogen-bond acceptors (Lipinski definition) is 4. The molecule has 0 aromatic heterocycles. The molecule has 0 saturated carbocycles. The second-order valence-corrected chi connectivity index (χ2v) is 6.88. The highest BCUT2D eigenvalue weighted by Gasteiger charge is 2.52. The van der Waals surface area contributed by atoms with Gasteiger partial charge >= 0.3 is 5.97 Å². The maximum atomic E-state index is 11.2. The van der Waals surface area contributed by atoms with E-state index in [4.69, 9.17) is 4.74 Å². The minimum atomic E-state index is -0.284. The predicted octanol–water partition coefficient (Wildman–Crippen LogP) is 3.17. The number of carbonyl (C=O) groups excluding carboxylic acids is 1. The van der Waals surface area contributed by atoms with Crippen molar-refractivity contribution in [3.05, 3.63) is 22.2 Å². The SMILES string of the molecule is CC(=O)Oc1cc(Br)c2c(c1)[C@]1(C)CCN(C)[C@@H]1N2C.Cl. The number of hydrogen-bond donors (Lipinski definition) is 0. The van der Waals surface area contributed by atoms with Gasteiger partial charge in [-0.25, -0.2) is 0 Å². The van der Waals surface area contributed by atoms with E-state index < -0.39 is 0 Å². The van der Waals surface area contributed by atoms with Gasteiger partial charge in [-0.05, 0) is 47.1 Å². The van der Waals surface area contributed by atoms with Crippen LogP contribution in [0.25, 0.3) is 0 Å². The number of halogens is 2. The van der Waals surface area contributed by atoms with E-state index in [2.05, 4.69) is 46.7 Å². The van der Waals surface area contributed by atoms with Gasteiger partial charge in [0.05, 0.1) is 11.9 Å². The molecular formula is C15H20BrClN2O2. The summed E-state index contributed by atoms with van der Waals surface area (Å²) >= 11 is 3.63. The van der Waals surface area contributed by atoms with E-state index in [1.165, 1.54) is 18.2 Å². The van der Waals surface area contributed by atoms with Crippen molar-refractivity contribution in [2.45, 2.75) is 31.8 Å². The van der Waals surface area contributed by atoms with Crippen LogP contribution in [0.5, 0.6) is 5.75 Å². The summed E-state index contributed by atoms with van der Waals surface area (Å²) in [7, 11) is 4.30. The van der Waals surface area contributed by atoms with Crippen LogP contribution in [-0.4, -0.2) is 37.7 Å². The van der Waals surface area contributed by atoms with Gasteiger partial charge in [-0.15, -0.1) is 12.4 Å². The largest absolute Gasteiger partial charge is 0.427 e. The minimum Gasteiger partial charge on any atom is -0.427 e. The number of benzene rings is 1. The maximum absolute atomic E-state index is 11.2. The fourth-order valence-corrected chi connectivity index (χ4v) is 4.58. The Morgan fingerprint density at radius 1 is 1.43 bits per heavy atom. The van der Waals surface area contributed by atoms with Crippen LogP contribution in [0.4, 0.5) is 5.69 Å². The molecule has 1 aromatic rings. The monoisotopic (exact) mass is 374 g/mol. The highest BCUT2D eigenvalue weighted by Crippen LogP contribution is 2.54. The van der Waals surface area contributed by atoms with Crippen molar-refractivity contribution < 1.29 is 9.53 Å². The van der Waals surface area contributed by atoms with Crippen LogP contribution in [0.3, 0.4) is 0 Å². The van der Waals surface area contributed by atoms with Crippen molar-refractivity contribution in [1.29, 1.82) is 0 Å². The molecule has 1 aromatic carbocycles. The number of ether oxygens (including phenoxy) is 1. The zero-order valence-corrected chi connectivity index (χ0v) is 15.0. The summed E-state index contributed by atoms with van der Waals surface area (Å²) in [6.45, 7) is 4.81. The third kappa shape index (κ3) is 2.35. The van der Waals surface area contributed by atoms with Gasteiger partial charge < -0.3 is 9.64 Å². The van der Waals surface area contributed by atoms with Gasteiger partial charge in [0, 0.05) is 30.4 Å². The molecule has 1 saturated heterocycles. The Hall–Kier alpha value is -0.780. The first-order valence-corrected chi connectivity index (χ1v) is 7.59. The number of nitrogens with zero attached hydrogens (tertiary/aromatic N) is 2. The van der Waals surface area contributed by atoms with E-state index in [9.17, 15) is 4.79 Å². The lowest BCUT2D eigenvalue weighted by molar-refractivity contribution is -0.131. The Kier molecular flexibility index (Phi) is 4.30. The molecule has 0 amide bonds. The minimum absolute atomic E-state index is 0. The molecule has 2 aliphatic heterocycles. The molecular weight excluding hydrogens is 356 g/mol. The van der Waals surface area contributed by atoms with Gasteiger partial charge in [-0.3, -0.25) is 9.69 Å². The normalized spacial score (nSPS) is 27.1. The van der Waals surface area contributed by atoms with E-state index in [0.717, 1.165) is 17.4 Å². The molecule has 3 rings (SSSR count). The van der Waals surface area contributed by atoms with E-state index in [1.807, 2.05) is 12.1 Å². The summed E-state index contributed by atoms with van der Waals surface area (Å²) < 4.78 is 6.26. The summed E-state index contributed by atoms with van der Waals surface area (Å²) in [5, 5.41) is 0. The molecule has 4 nitrogen and oxygen atoms in total. The fourth-order valence-electron chi connectivity index (χ4n) is 3.86. The zero-order chi connectivity index (χ0) is 14.7. The van der Waals surface area contributed by atoms with Gasteiger partial charge in [-0.1, -0.05) is 6.92 Å². The molecule has 0 spiro atoms. The number of carbonyl (C=O) groups is 1. The lowest BCUT2D eigenvalue weighted by atomic mass is 9.81. The molecule has 0 N–H and O–H groups in total. The van der Waals surface area contributed by atoms with Crippen molar-refractivity contribution >= 4 is 40.0 Å². The second-order valence-electron chi connectivity index (χ2n) is 6.03. The summed E-state index contributed by atoms with van der Waals surface area (Å²) in [6.07, 6.45) is 1.47. The quantitative estimate of drug-likeness (QED) is 0.557. The number of fused-ring (bicyclic) bond motifs is 3. The summed E-state index contributed by atoms with van der Waals surface area (Å²) in [4.78, 5) is 15.9. The van der Waals surface area contributed by atoms with Crippen molar-refractivity contribution in [3.63, 3.8) is 0 Å². The Bertz CT molecular complexity index is 595. The van der Waals surface area contributed by atoms with Crippen LogP contribution >= 0.6 is 28.3 Å². The Morgan fingerprint density at radius 3 is 2.71 bits per heavy atom. The highest BCUT2D eigenvalue weighted by molar-refractivity contribution is 9.10. The number of anilines is 1. The molecule has 6 heteroatoms. The van der Waals surface area contributed by atoms with Crippen molar-refractivity contribution in [2.75, 3.05) is 25.5 Å². The maximum Gasteiger partial charge on any atom is 0.308 e. The molecule has 116 valence electrons. The van der Waals surface area contributed by atoms with E-state index >= 15 is 0 Å². The third-order valence-electron chi connectivity index (χ3n) is 4.60. The number of esters is 1. The fraction of sp³-hybridized carbons (Fsp3) is 0.533. The lowest BCUT2D eigenvalue weighted by Crippen LogP contribution is -2.45. The second kappa shape index (κ2) is 5.45. The van der Waals surface area contributed by atoms with Crippen molar-refractivity contribution in [1.82, 2.24) is 4.90 Å². The molecule has 21 heavy (non-hydrogen) atoms. The number of likely N-dealkylation sites (tertiary alicyclic amines) is 1. The molecule has 0 unspecified atom stereocenters. The number of rotatable bonds is 1. The first kappa shape index (κ1) is 16.6. The number of likely N-dealkylation sites (N-methyl/N-ethyl adjacent to an activating group) is 2. The molecule has 2 heterocycles. The van der Waals surface area contributed by atoms with Crippen LogP contribution in [0, 0.1) is 0 Å². The standard InChI is InChI=1S/C15H19BrN2O2.ClH/c1-9(19)20-10-7-11-13(12(16)8-10)18(4)14-15(11,2)5-6-17(14)3;/h7-8,14H,5-6H2,1-4H3;1H/t14-,15+;/m1./s1. The lowest BCUT2D eigenvalue weighted by Gasteiger charge is -2.32. The van der Waals surface area contributed by atoms with Crippen molar-refractivity contribution in [2.24, 2.45) is 0 Å². The van der Waals surface area contributed by atoms with Gasteiger partial charge in [0.2, 0.25) is 0 Å². The van der Waals surface area contributed by atoms with Gasteiger partial charge in [0.25, 0.3) is 0 Å². The summed E-state index contributed by atoms with van der Waals surface area (Å²) in [5.41, 5.74) is 2.55. The average molecular weight is 376 g/mol. The topological polar surface area (TPSA) is 32.8 Å². The van der Waals surface area contributed by atoms with Gasteiger partial charge in [0.1, 0.15) is 5.75 Å². The Morgan fingerprint density at radius 2 is 2.10 bits per heavy atom. The predicted molar refractivity (Wildman–Crippen MR) is 89.5 cm³/mol. The molecule has 0 bridgehead atoms. The molecule has 2 atom stereocenters. The molecule has 0 radical (unpaired) electrons. The third-order valence-corrected chi connectivity index (χ3v) is 5.21. The van der Waals surface area contributed by atoms with Crippen LogP contribution in [0.15, 0.2) is 16.6 Å². The zero-order valence-electron chi connectivity index (χ0n) is 12.6. The first-order valence-electron chi connectivity index (χ1n) is 6.80. The Balaban J connectivity index is 0.00000161.